The highest BCUT2D eigenvalue weighted by molar-refractivity contribution is 5.95. The van der Waals surface area contributed by atoms with E-state index < -0.39 is 5.91 Å². The summed E-state index contributed by atoms with van der Waals surface area (Å²) in [7, 11) is 0. The van der Waals surface area contributed by atoms with Gasteiger partial charge in [0.05, 0.1) is 12.1 Å². The van der Waals surface area contributed by atoms with Crippen LogP contribution in [0.15, 0.2) is 42.6 Å². The van der Waals surface area contributed by atoms with Crippen molar-refractivity contribution in [2.24, 2.45) is 11.7 Å². The van der Waals surface area contributed by atoms with Crippen molar-refractivity contribution in [2.45, 2.75) is 19.3 Å². The molecular weight excluding hydrogens is 344 g/mol. The van der Waals surface area contributed by atoms with Gasteiger partial charge in [-0.1, -0.05) is 12.1 Å². The number of nitrogens with zero attached hydrogens (tertiary/aromatic N) is 2. The number of nitrogens with two attached hydrogens (primary N) is 1. The summed E-state index contributed by atoms with van der Waals surface area (Å²) in [5, 5.41) is 12.2. The fraction of sp³-hybridized carbons (Fsp3) is 0.350. The summed E-state index contributed by atoms with van der Waals surface area (Å²) in [6, 6.07) is 10.3. The van der Waals surface area contributed by atoms with Crippen LogP contribution in [0.1, 0.15) is 28.8 Å². The first kappa shape index (κ1) is 18.8. The zero-order chi connectivity index (χ0) is 19.2. The number of pyridine rings is 1. The van der Waals surface area contributed by atoms with Gasteiger partial charge in [-0.3, -0.25) is 9.59 Å². The number of aliphatic hydroxyl groups excluding tert-OH is 1. The highest BCUT2D eigenvalue weighted by Gasteiger charge is 2.22. The number of nitrogens with one attached hydrogen (secondary N) is 1. The number of aromatic nitrogens is 1. The normalized spacial score (nSPS) is 14.8. The number of hydrogen-bond donors (Lipinski definition) is 3. The highest BCUT2D eigenvalue weighted by atomic mass is 16.3. The van der Waals surface area contributed by atoms with E-state index >= 15 is 0 Å². The molecule has 0 bridgehead atoms. The number of amides is 2. The Bertz CT molecular complexity index is 799. The first-order valence-corrected chi connectivity index (χ1v) is 9.06. The molecule has 2 heterocycles. The average Bonchev–Trinajstić information content (AvgIpc) is 2.69. The van der Waals surface area contributed by atoms with Gasteiger partial charge < -0.3 is 21.1 Å². The number of primary amides is 1. The third kappa shape index (κ3) is 4.83. The quantitative estimate of drug-likeness (QED) is 0.717. The molecule has 0 aliphatic carbocycles. The molecule has 142 valence electrons. The predicted octanol–water partition coefficient (Wildman–Crippen LogP) is 1.57. The number of piperidine rings is 1. The fourth-order valence-corrected chi connectivity index (χ4v) is 3.24. The third-order valence-electron chi connectivity index (χ3n) is 4.84. The van der Waals surface area contributed by atoms with Crippen molar-refractivity contribution in [3.8, 4) is 0 Å². The van der Waals surface area contributed by atoms with Crippen LogP contribution in [0, 0.1) is 5.92 Å². The molecule has 1 aromatic heterocycles. The smallest absolute Gasteiger partial charge is 0.248 e. The SMILES string of the molecule is NC(=O)c1ccc(CC(=O)Nc2cccnc2N2CCC(CO)CC2)cc1. The molecule has 7 heteroatoms. The molecule has 3 rings (SSSR count). The van der Waals surface area contributed by atoms with Gasteiger partial charge in [-0.05, 0) is 48.6 Å². The number of benzene rings is 1. The van der Waals surface area contributed by atoms with Crippen LogP contribution in [-0.4, -0.2) is 41.6 Å². The van der Waals surface area contributed by atoms with E-state index in [2.05, 4.69) is 15.2 Å². The lowest BCUT2D eigenvalue weighted by molar-refractivity contribution is -0.115. The number of carbonyl (C=O) groups is 2. The second-order valence-corrected chi connectivity index (χ2v) is 6.77. The van der Waals surface area contributed by atoms with Gasteiger partial charge in [0.25, 0.3) is 0 Å². The molecule has 0 unspecified atom stereocenters. The van der Waals surface area contributed by atoms with Gasteiger partial charge in [0, 0.05) is 31.5 Å². The Kier molecular flexibility index (Phi) is 6.03. The van der Waals surface area contributed by atoms with E-state index in [9.17, 15) is 14.7 Å². The number of anilines is 2. The van der Waals surface area contributed by atoms with E-state index in [1.54, 1.807) is 36.5 Å². The molecule has 1 aliphatic rings. The minimum absolute atomic E-state index is 0.152. The topological polar surface area (TPSA) is 109 Å². The first-order chi connectivity index (χ1) is 13.1. The second kappa shape index (κ2) is 8.64. The summed E-state index contributed by atoms with van der Waals surface area (Å²) in [5.41, 5.74) is 7.12. The molecule has 0 atom stereocenters. The summed E-state index contributed by atoms with van der Waals surface area (Å²) >= 11 is 0. The Morgan fingerprint density at radius 2 is 1.89 bits per heavy atom. The Morgan fingerprint density at radius 3 is 2.52 bits per heavy atom. The van der Waals surface area contributed by atoms with E-state index in [0.29, 0.717) is 17.2 Å². The van der Waals surface area contributed by atoms with E-state index in [4.69, 9.17) is 5.73 Å². The lowest BCUT2D eigenvalue weighted by Crippen LogP contribution is -2.36. The number of aliphatic hydroxyl groups is 1. The van der Waals surface area contributed by atoms with E-state index in [0.717, 1.165) is 37.3 Å². The van der Waals surface area contributed by atoms with Crippen LogP contribution in [0.2, 0.25) is 0 Å². The molecule has 0 saturated carbocycles. The van der Waals surface area contributed by atoms with Gasteiger partial charge >= 0.3 is 0 Å². The van der Waals surface area contributed by atoms with Crippen LogP contribution < -0.4 is 16.0 Å². The maximum Gasteiger partial charge on any atom is 0.248 e. The monoisotopic (exact) mass is 368 g/mol. The summed E-state index contributed by atoms with van der Waals surface area (Å²) in [6.45, 7) is 1.83. The standard InChI is InChI=1S/C20H24N4O3/c21-19(27)16-5-3-14(4-6-16)12-18(26)23-17-2-1-9-22-20(17)24-10-7-15(13-25)8-11-24/h1-6,9,15,25H,7-8,10-13H2,(H2,21,27)(H,23,26). The molecule has 1 aromatic carbocycles. The Morgan fingerprint density at radius 1 is 1.19 bits per heavy atom. The van der Waals surface area contributed by atoms with Crippen molar-refractivity contribution in [1.82, 2.24) is 4.98 Å². The van der Waals surface area contributed by atoms with Crippen LogP contribution in [0.3, 0.4) is 0 Å². The molecule has 1 fully saturated rings. The molecule has 27 heavy (non-hydrogen) atoms. The van der Waals surface area contributed by atoms with E-state index in [-0.39, 0.29) is 18.9 Å². The largest absolute Gasteiger partial charge is 0.396 e. The second-order valence-electron chi connectivity index (χ2n) is 6.77. The summed E-state index contributed by atoms with van der Waals surface area (Å²) in [5.74, 6) is 0.454. The minimum Gasteiger partial charge on any atom is -0.396 e. The van der Waals surface area contributed by atoms with Crippen LogP contribution in [0.25, 0.3) is 0 Å². The fourth-order valence-electron chi connectivity index (χ4n) is 3.24. The molecule has 1 aliphatic heterocycles. The van der Waals surface area contributed by atoms with Crippen LogP contribution >= 0.6 is 0 Å². The average molecular weight is 368 g/mol. The summed E-state index contributed by atoms with van der Waals surface area (Å²) < 4.78 is 0. The highest BCUT2D eigenvalue weighted by Crippen LogP contribution is 2.27. The summed E-state index contributed by atoms with van der Waals surface area (Å²) in [4.78, 5) is 30.2. The molecule has 1 saturated heterocycles. The van der Waals surface area contributed by atoms with Crippen molar-refractivity contribution in [3.63, 3.8) is 0 Å². The van der Waals surface area contributed by atoms with Crippen LogP contribution in [-0.2, 0) is 11.2 Å². The predicted molar refractivity (Wildman–Crippen MR) is 104 cm³/mol. The lowest BCUT2D eigenvalue weighted by Gasteiger charge is -2.33. The Hall–Kier alpha value is -2.93. The number of hydrogen-bond acceptors (Lipinski definition) is 5. The van der Waals surface area contributed by atoms with Crippen LogP contribution in [0.4, 0.5) is 11.5 Å². The van der Waals surface area contributed by atoms with Crippen molar-refractivity contribution in [1.29, 1.82) is 0 Å². The Balaban J connectivity index is 1.65. The van der Waals surface area contributed by atoms with Crippen molar-refractivity contribution in [3.05, 3.63) is 53.7 Å². The molecule has 7 nitrogen and oxygen atoms in total. The molecule has 4 N–H and O–H groups in total. The zero-order valence-electron chi connectivity index (χ0n) is 15.1. The van der Waals surface area contributed by atoms with Gasteiger partial charge in [-0.15, -0.1) is 0 Å². The summed E-state index contributed by atoms with van der Waals surface area (Å²) in [6.07, 6.45) is 3.73. The molecule has 2 amide bonds. The molecule has 2 aromatic rings. The van der Waals surface area contributed by atoms with E-state index in [1.165, 1.54) is 0 Å². The van der Waals surface area contributed by atoms with Crippen molar-refractivity contribution < 1.29 is 14.7 Å². The van der Waals surface area contributed by atoms with Gasteiger partial charge in [0.1, 0.15) is 0 Å². The molecular formula is C20H24N4O3. The maximum atomic E-state index is 12.5. The number of carbonyl (C=O) groups excluding carboxylic acids is 2. The van der Waals surface area contributed by atoms with Gasteiger partial charge in [-0.25, -0.2) is 4.98 Å². The van der Waals surface area contributed by atoms with E-state index in [1.807, 2.05) is 6.07 Å². The minimum atomic E-state index is -0.490. The maximum absolute atomic E-state index is 12.5. The molecule has 0 radical (unpaired) electrons. The van der Waals surface area contributed by atoms with Gasteiger partial charge in [0.2, 0.25) is 11.8 Å². The Labute approximate surface area is 158 Å². The lowest BCUT2D eigenvalue weighted by atomic mass is 9.98. The van der Waals surface area contributed by atoms with Gasteiger partial charge in [-0.2, -0.15) is 0 Å². The number of rotatable bonds is 6. The van der Waals surface area contributed by atoms with Crippen molar-refractivity contribution in [2.75, 3.05) is 29.9 Å². The van der Waals surface area contributed by atoms with Gasteiger partial charge in [0.15, 0.2) is 5.82 Å². The molecule has 0 spiro atoms. The zero-order valence-corrected chi connectivity index (χ0v) is 15.1. The van der Waals surface area contributed by atoms with Crippen LogP contribution in [0.5, 0.6) is 0 Å². The third-order valence-corrected chi connectivity index (χ3v) is 4.84. The van der Waals surface area contributed by atoms with Crippen molar-refractivity contribution >= 4 is 23.3 Å². The first-order valence-electron chi connectivity index (χ1n) is 9.06.